The van der Waals surface area contributed by atoms with Crippen molar-refractivity contribution in [3.63, 3.8) is 0 Å². The first-order chi connectivity index (χ1) is 11.0. The van der Waals surface area contributed by atoms with Crippen molar-refractivity contribution < 1.29 is 14.4 Å². The summed E-state index contributed by atoms with van der Waals surface area (Å²) < 4.78 is 0. The lowest BCUT2D eigenvalue weighted by molar-refractivity contribution is -0.132. The molecular formula is C17H17N3O3. The molecule has 2 aliphatic rings. The summed E-state index contributed by atoms with van der Waals surface area (Å²) in [5, 5.41) is 8.89. The first kappa shape index (κ1) is 15.2. The van der Waals surface area contributed by atoms with E-state index < -0.39 is 11.8 Å². The predicted octanol–water partition coefficient (Wildman–Crippen LogP) is 1.35. The molecule has 3 rings (SSSR count). The molecule has 6 nitrogen and oxygen atoms in total. The molecule has 0 N–H and O–H groups in total. The maximum absolute atomic E-state index is 12.4. The number of aryl methyl sites for hydroxylation is 1. The quantitative estimate of drug-likeness (QED) is 0.772. The highest BCUT2D eigenvalue weighted by Gasteiger charge is 2.37. The van der Waals surface area contributed by atoms with Gasteiger partial charge in [-0.05, 0) is 31.9 Å². The zero-order valence-corrected chi connectivity index (χ0v) is 12.9. The van der Waals surface area contributed by atoms with Crippen LogP contribution in [-0.2, 0) is 4.79 Å². The molecule has 0 saturated carbocycles. The third kappa shape index (κ3) is 2.70. The number of rotatable bonds is 2. The van der Waals surface area contributed by atoms with Gasteiger partial charge in [-0.2, -0.15) is 5.26 Å². The minimum absolute atomic E-state index is 0.0127. The fourth-order valence-corrected chi connectivity index (χ4v) is 3.04. The van der Waals surface area contributed by atoms with Crippen molar-refractivity contribution in [1.29, 1.82) is 5.26 Å². The Labute approximate surface area is 134 Å². The number of hydrogen-bond acceptors (Lipinski definition) is 4. The molecule has 1 aromatic carbocycles. The summed E-state index contributed by atoms with van der Waals surface area (Å²) in [7, 11) is 0. The average molecular weight is 311 g/mol. The van der Waals surface area contributed by atoms with E-state index in [1.165, 1.54) is 0 Å². The van der Waals surface area contributed by atoms with Gasteiger partial charge in [0.15, 0.2) is 0 Å². The van der Waals surface area contributed by atoms with Crippen LogP contribution in [0.2, 0.25) is 0 Å². The monoisotopic (exact) mass is 311 g/mol. The summed E-state index contributed by atoms with van der Waals surface area (Å²) in [5.41, 5.74) is 1.62. The van der Waals surface area contributed by atoms with Gasteiger partial charge in [0.05, 0.1) is 17.2 Å². The van der Waals surface area contributed by atoms with Gasteiger partial charge in [-0.15, -0.1) is 0 Å². The van der Waals surface area contributed by atoms with Gasteiger partial charge < -0.3 is 4.90 Å². The second kappa shape index (κ2) is 5.84. The van der Waals surface area contributed by atoms with E-state index in [1.807, 2.05) is 6.92 Å². The van der Waals surface area contributed by atoms with Crippen LogP contribution in [-0.4, -0.2) is 47.2 Å². The van der Waals surface area contributed by atoms with E-state index >= 15 is 0 Å². The SMILES string of the molecule is Cc1ccc2c(c1)C(=O)N(CC(=O)N1CCC(C#N)CC1)C2=O. The molecule has 6 heteroatoms. The Morgan fingerprint density at radius 2 is 1.87 bits per heavy atom. The molecule has 118 valence electrons. The van der Waals surface area contributed by atoms with Crippen LogP contribution in [0.5, 0.6) is 0 Å². The summed E-state index contributed by atoms with van der Waals surface area (Å²) in [6.07, 6.45) is 1.28. The number of nitriles is 1. The highest BCUT2D eigenvalue weighted by Crippen LogP contribution is 2.24. The average Bonchev–Trinajstić information content (AvgIpc) is 2.79. The number of piperidine rings is 1. The second-order valence-electron chi connectivity index (χ2n) is 6.03. The van der Waals surface area contributed by atoms with Crippen molar-refractivity contribution in [2.45, 2.75) is 19.8 Å². The second-order valence-corrected chi connectivity index (χ2v) is 6.03. The number of imide groups is 1. The van der Waals surface area contributed by atoms with Crippen LogP contribution in [0.15, 0.2) is 18.2 Å². The standard InChI is InChI=1S/C17H17N3O3/c1-11-2-3-13-14(8-11)17(23)20(16(13)22)10-15(21)19-6-4-12(9-18)5-7-19/h2-3,8,12H,4-7,10H2,1H3. The lowest BCUT2D eigenvalue weighted by atomic mass is 9.98. The van der Waals surface area contributed by atoms with Gasteiger partial charge in [0, 0.05) is 19.0 Å². The lowest BCUT2D eigenvalue weighted by Gasteiger charge is -2.30. The van der Waals surface area contributed by atoms with Crippen LogP contribution in [0, 0.1) is 24.2 Å². The largest absolute Gasteiger partial charge is 0.341 e. The molecule has 23 heavy (non-hydrogen) atoms. The number of fused-ring (bicyclic) bond motifs is 1. The maximum atomic E-state index is 12.4. The summed E-state index contributed by atoms with van der Waals surface area (Å²) in [6, 6.07) is 7.30. The molecule has 0 bridgehead atoms. The Morgan fingerprint density at radius 3 is 2.52 bits per heavy atom. The number of likely N-dealkylation sites (tertiary alicyclic amines) is 1. The van der Waals surface area contributed by atoms with Gasteiger partial charge in [-0.1, -0.05) is 11.6 Å². The van der Waals surface area contributed by atoms with E-state index in [9.17, 15) is 14.4 Å². The summed E-state index contributed by atoms with van der Waals surface area (Å²) in [5.74, 6) is -1.08. The van der Waals surface area contributed by atoms with Crippen molar-refractivity contribution in [3.8, 4) is 6.07 Å². The fraction of sp³-hybridized carbons (Fsp3) is 0.412. The number of amides is 3. The molecule has 2 aliphatic heterocycles. The molecule has 1 aromatic rings. The molecule has 0 atom stereocenters. The molecule has 3 amide bonds. The number of carbonyl (C=O) groups is 3. The normalized spacial score (nSPS) is 18.1. The number of carbonyl (C=O) groups excluding carboxylic acids is 3. The van der Waals surface area contributed by atoms with Crippen LogP contribution in [0.4, 0.5) is 0 Å². The third-order valence-electron chi connectivity index (χ3n) is 4.45. The van der Waals surface area contributed by atoms with Crippen LogP contribution < -0.4 is 0 Å². The van der Waals surface area contributed by atoms with Crippen molar-refractivity contribution in [3.05, 3.63) is 34.9 Å². The molecule has 1 saturated heterocycles. The topological polar surface area (TPSA) is 81.5 Å². The van der Waals surface area contributed by atoms with Crippen molar-refractivity contribution >= 4 is 17.7 Å². The highest BCUT2D eigenvalue weighted by molar-refractivity contribution is 6.22. The zero-order chi connectivity index (χ0) is 16.6. The Hall–Kier alpha value is -2.68. The Bertz CT molecular complexity index is 727. The van der Waals surface area contributed by atoms with Crippen LogP contribution in [0.3, 0.4) is 0 Å². The van der Waals surface area contributed by atoms with Crippen LogP contribution in [0.1, 0.15) is 39.1 Å². The smallest absolute Gasteiger partial charge is 0.262 e. The van der Waals surface area contributed by atoms with Crippen LogP contribution >= 0.6 is 0 Å². The molecule has 0 spiro atoms. The number of hydrogen-bond donors (Lipinski definition) is 0. The fourth-order valence-electron chi connectivity index (χ4n) is 3.04. The number of benzene rings is 1. The summed E-state index contributed by atoms with van der Waals surface area (Å²) in [6.45, 7) is 2.62. The lowest BCUT2D eigenvalue weighted by Crippen LogP contribution is -2.45. The molecule has 0 aromatic heterocycles. The van der Waals surface area contributed by atoms with Gasteiger partial charge in [0.1, 0.15) is 6.54 Å². The Morgan fingerprint density at radius 1 is 1.22 bits per heavy atom. The highest BCUT2D eigenvalue weighted by atomic mass is 16.2. The Balaban J connectivity index is 1.70. The van der Waals surface area contributed by atoms with E-state index in [2.05, 4.69) is 6.07 Å². The van der Waals surface area contributed by atoms with Gasteiger partial charge >= 0.3 is 0 Å². The van der Waals surface area contributed by atoms with E-state index in [1.54, 1.807) is 23.1 Å². The molecule has 0 radical (unpaired) electrons. The first-order valence-corrected chi connectivity index (χ1v) is 7.65. The molecule has 0 unspecified atom stereocenters. The summed E-state index contributed by atoms with van der Waals surface area (Å²) in [4.78, 5) is 39.7. The minimum Gasteiger partial charge on any atom is -0.341 e. The minimum atomic E-state index is -0.412. The number of nitrogens with zero attached hydrogens (tertiary/aromatic N) is 3. The maximum Gasteiger partial charge on any atom is 0.262 e. The van der Waals surface area contributed by atoms with E-state index in [0.717, 1.165) is 10.5 Å². The molecule has 2 heterocycles. The summed E-state index contributed by atoms with van der Waals surface area (Å²) >= 11 is 0. The molecule has 1 fully saturated rings. The molecule has 0 aliphatic carbocycles. The third-order valence-corrected chi connectivity index (χ3v) is 4.45. The van der Waals surface area contributed by atoms with Crippen molar-refractivity contribution in [2.75, 3.05) is 19.6 Å². The molecular weight excluding hydrogens is 294 g/mol. The van der Waals surface area contributed by atoms with E-state index in [0.29, 0.717) is 37.1 Å². The van der Waals surface area contributed by atoms with Gasteiger partial charge in [0.25, 0.3) is 11.8 Å². The van der Waals surface area contributed by atoms with E-state index in [4.69, 9.17) is 5.26 Å². The van der Waals surface area contributed by atoms with Gasteiger partial charge in [-0.25, -0.2) is 0 Å². The van der Waals surface area contributed by atoms with E-state index in [-0.39, 0.29) is 18.4 Å². The predicted molar refractivity (Wildman–Crippen MR) is 81.5 cm³/mol. The van der Waals surface area contributed by atoms with Crippen molar-refractivity contribution in [2.24, 2.45) is 5.92 Å². The van der Waals surface area contributed by atoms with Gasteiger partial charge in [0.2, 0.25) is 5.91 Å². The zero-order valence-electron chi connectivity index (χ0n) is 12.9. The Kier molecular flexibility index (Phi) is 3.87. The first-order valence-electron chi connectivity index (χ1n) is 7.65. The van der Waals surface area contributed by atoms with Crippen molar-refractivity contribution in [1.82, 2.24) is 9.80 Å². The van der Waals surface area contributed by atoms with Crippen LogP contribution in [0.25, 0.3) is 0 Å². The van der Waals surface area contributed by atoms with Gasteiger partial charge in [-0.3, -0.25) is 19.3 Å².